The van der Waals surface area contributed by atoms with Crippen LogP contribution in [0.5, 0.6) is 0 Å². The Balaban J connectivity index is 1.52. The minimum atomic E-state index is -0.525. The zero-order chi connectivity index (χ0) is 19.7. The van der Waals surface area contributed by atoms with Gasteiger partial charge in [-0.2, -0.15) is 5.10 Å². The molecule has 2 aromatic carbocycles. The van der Waals surface area contributed by atoms with Crippen LogP contribution in [-0.2, 0) is 0 Å². The minimum Gasteiger partial charge on any atom is -0.383 e. The quantitative estimate of drug-likeness (QED) is 0.427. The molecule has 0 radical (unpaired) electrons. The normalized spacial score (nSPS) is 10.8. The van der Waals surface area contributed by atoms with Gasteiger partial charge in [-0.3, -0.25) is 5.10 Å². The van der Waals surface area contributed by atoms with E-state index in [4.69, 9.17) is 5.73 Å². The Kier molecular flexibility index (Phi) is 4.36. The number of aromatic amines is 1. The van der Waals surface area contributed by atoms with E-state index in [0.717, 1.165) is 22.1 Å². The number of hydrogen-bond acceptors (Lipinski definition) is 4. The third kappa shape index (κ3) is 3.35. The summed E-state index contributed by atoms with van der Waals surface area (Å²) in [7, 11) is 0. The Hall–Kier alpha value is -3.94. The van der Waals surface area contributed by atoms with Gasteiger partial charge in [0.1, 0.15) is 11.6 Å². The summed E-state index contributed by atoms with van der Waals surface area (Å²) in [4.78, 5) is 16.3. The third-order valence-electron chi connectivity index (χ3n) is 4.31. The number of nitrogens with two attached hydrogens (primary N) is 1. The molecule has 4 aromatic rings. The molecule has 0 spiro atoms. The molecule has 7 nitrogen and oxygen atoms in total. The predicted molar refractivity (Wildman–Crippen MR) is 108 cm³/mol. The Labute approximate surface area is 159 Å². The first kappa shape index (κ1) is 17.5. The fourth-order valence-electron chi connectivity index (χ4n) is 2.96. The van der Waals surface area contributed by atoms with E-state index < -0.39 is 11.8 Å². The lowest BCUT2D eigenvalue weighted by molar-refractivity contribution is 0.262. The molecule has 8 heteroatoms. The molecule has 0 fully saturated rings. The monoisotopic (exact) mass is 376 g/mol. The van der Waals surface area contributed by atoms with Crippen molar-refractivity contribution in [2.24, 2.45) is 0 Å². The highest BCUT2D eigenvalue weighted by Gasteiger charge is 2.11. The topological polar surface area (TPSA) is 109 Å². The van der Waals surface area contributed by atoms with Gasteiger partial charge in [-0.15, -0.1) is 0 Å². The van der Waals surface area contributed by atoms with Gasteiger partial charge in [0.15, 0.2) is 5.65 Å². The van der Waals surface area contributed by atoms with Crippen LogP contribution in [0.2, 0.25) is 0 Å². The second-order valence-electron chi connectivity index (χ2n) is 6.33. The zero-order valence-electron chi connectivity index (χ0n) is 15.0. The van der Waals surface area contributed by atoms with E-state index >= 15 is 0 Å². The molecule has 28 heavy (non-hydrogen) atoms. The van der Waals surface area contributed by atoms with E-state index in [-0.39, 0.29) is 5.69 Å². The molecule has 5 N–H and O–H groups in total. The maximum Gasteiger partial charge on any atom is 0.323 e. The van der Waals surface area contributed by atoms with E-state index in [2.05, 4.69) is 25.8 Å². The molecular formula is C20H17FN6O. The number of hydrogen-bond donors (Lipinski definition) is 4. The predicted octanol–water partition coefficient (Wildman–Crippen LogP) is 4.30. The molecule has 0 aliphatic carbocycles. The first-order valence-corrected chi connectivity index (χ1v) is 8.54. The van der Waals surface area contributed by atoms with Crippen LogP contribution >= 0.6 is 0 Å². The average molecular weight is 376 g/mol. The number of nitrogen functional groups attached to an aromatic ring is 1. The van der Waals surface area contributed by atoms with Crippen LogP contribution in [-0.4, -0.2) is 21.2 Å². The number of aromatic nitrogens is 3. The molecule has 0 saturated carbocycles. The summed E-state index contributed by atoms with van der Waals surface area (Å²) < 4.78 is 13.8. The molecular weight excluding hydrogens is 359 g/mol. The number of halogens is 1. The van der Waals surface area contributed by atoms with E-state index in [1.54, 1.807) is 30.5 Å². The Morgan fingerprint density at radius 3 is 2.68 bits per heavy atom. The number of anilines is 3. The maximum absolute atomic E-state index is 13.8. The van der Waals surface area contributed by atoms with Crippen molar-refractivity contribution >= 4 is 34.3 Å². The van der Waals surface area contributed by atoms with Crippen molar-refractivity contribution in [3.8, 4) is 11.1 Å². The number of aryl methyl sites for hydroxylation is 1. The van der Waals surface area contributed by atoms with Crippen molar-refractivity contribution in [3.05, 3.63) is 66.1 Å². The number of nitrogens with one attached hydrogen (secondary N) is 3. The highest BCUT2D eigenvalue weighted by Crippen LogP contribution is 2.30. The summed E-state index contributed by atoms with van der Waals surface area (Å²) in [5.41, 5.74) is 9.82. The molecule has 0 unspecified atom stereocenters. The lowest BCUT2D eigenvalue weighted by Gasteiger charge is -2.10. The zero-order valence-corrected chi connectivity index (χ0v) is 15.0. The number of fused-ring (bicyclic) bond motifs is 1. The van der Waals surface area contributed by atoms with Crippen LogP contribution in [0.4, 0.5) is 26.4 Å². The van der Waals surface area contributed by atoms with Crippen molar-refractivity contribution < 1.29 is 9.18 Å². The lowest BCUT2D eigenvalue weighted by atomic mass is 10.0. The van der Waals surface area contributed by atoms with Gasteiger partial charge in [-0.1, -0.05) is 18.2 Å². The van der Waals surface area contributed by atoms with Crippen molar-refractivity contribution in [2.75, 3.05) is 16.4 Å². The largest absolute Gasteiger partial charge is 0.383 e. The maximum atomic E-state index is 13.8. The molecule has 2 amide bonds. The van der Waals surface area contributed by atoms with Crippen molar-refractivity contribution in [3.63, 3.8) is 0 Å². The summed E-state index contributed by atoms with van der Waals surface area (Å²) in [6.45, 7) is 1.82. The van der Waals surface area contributed by atoms with E-state index in [9.17, 15) is 9.18 Å². The first-order chi connectivity index (χ1) is 13.5. The van der Waals surface area contributed by atoms with Crippen LogP contribution in [0.25, 0.3) is 22.2 Å². The Bertz CT molecular complexity index is 1170. The Morgan fingerprint density at radius 2 is 1.89 bits per heavy atom. The summed E-state index contributed by atoms with van der Waals surface area (Å²) in [5.74, 6) is -0.0460. The summed E-state index contributed by atoms with van der Waals surface area (Å²) >= 11 is 0. The van der Waals surface area contributed by atoms with Gasteiger partial charge in [0, 0.05) is 11.9 Å². The molecule has 0 saturated heterocycles. The standard InChI is InChI=1S/C20H17FN6O/c1-11-2-7-15(21)16(10-11)25-20(28)24-13-5-3-12(4-6-13)14-8-9-23-19-17(14)18(22)26-27-19/h2-10H,1H3,(H2,24,25,28)(H3,22,23,26,27). The van der Waals surface area contributed by atoms with Crippen LogP contribution in [0, 0.1) is 12.7 Å². The highest BCUT2D eigenvalue weighted by atomic mass is 19.1. The smallest absolute Gasteiger partial charge is 0.323 e. The lowest BCUT2D eigenvalue weighted by Crippen LogP contribution is -2.20. The molecule has 0 aliphatic heterocycles. The van der Waals surface area contributed by atoms with Crippen LogP contribution in [0.1, 0.15) is 5.56 Å². The second kappa shape index (κ2) is 6.99. The molecule has 2 heterocycles. The van der Waals surface area contributed by atoms with E-state index in [1.165, 1.54) is 6.07 Å². The number of amides is 2. The number of H-pyrrole nitrogens is 1. The van der Waals surface area contributed by atoms with Gasteiger partial charge in [-0.25, -0.2) is 14.2 Å². The minimum absolute atomic E-state index is 0.128. The number of rotatable bonds is 3. The van der Waals surface area contributed by atoms with Gasteiger partial charge < -0.3 is 16.4 Å². The summed E-state index contributed by atoms with van der Waals surface area (Å²) in [6.07, 6.45) is 1.66. The van der Waals surface area contributed by atoms with Gasteiger partial charge in [0.05, 0.1) is 11.1 Å². The molecule has 0 atom stereocenters. The fraction of sp³-hybridized carbons (Fsp3) is 0.0500. The number of pyridine rings is 1. The number of nitrogens with zero attached hydrogens (tertiary/aromatic N) is 2. The van der Waals surface area contributed by atoms with Gasteiger partial charge in [0.2, 0.25) is 0 Å². The fourth-order valence-corrected chi connectivity index (χ4v) is 2.96. The van der Waals surface area contributed by atoms with Crippen LogP contribution in [0.3, 0.4) is 0 Å². The average Bonchev–Trinajstić information content (AvgIpc) is 3.07. The van der Waals surface area contributed by atoms with Crippen LogP contribution < -0.4 is 16.4 Å². The number of carbonyl (C=O) groups excluding carboxylic acids is 1. The van der Waals surface area contributed by atoms with Crippen LogP contribution in [0.15, 0.2) is 54.7 Å². The molecule has 140 valence electrons. The highest BCUT2D eigenvalue weighted by molar-refractivity contribution is 6.01. The summed E-state index contributed by atoms with van der Waals surface area (Å²) in [6, 6.07) is 13.1. The van der Waals surface area contributed by atoms with E-state index in [0.29, 0.717) is 17.2 Å². The first-order valence-electron chi connectivity index (χ1n) is 8.54. The van der Waals surface area contributed by atoms with Gasteiger partial charge in [-0.05, 0) is 53.9 Å². The van der Waals surface area contributed by atoms with E-state index in [1.807, 2.05) is 25.1 Å². The molecule has 4 rings (SSSR count). The van der Waals surface area contributed by atoms with Crippen molar-refractivity contribution in [1.82, 2.24) is 15.2 Å². The van der Waals surface area contributed by atoms with Gasteiger partial charge in [0.25, 0.3) is 0 Å². The van der Waals surface area contributed by atoms with Gasteiger partial charge >= 0.3 is 6.03 Å². The van der Waals surface area contributed by atoms with Crippen molar-refractivity contribution in [2.45, 2.75) is 6.92 Å². The summed E-state index contributed by atoms with van der Waals surface area (Å²) in [5, 5.41) is 12.7. The number of benzene rings is 2. The molecule has 0 bridgehead atoms. The third-order valence-corrected chi connectivity index (χ3v) is 4.31. The molecule has 2 aromatic heterocycles. The Morgan fingerprint density at radius 1 is 1.11 bits per heavy atom. The second-order valence-corrected chi connectivity index (χ2v) is 6.33. The molecule has 0 aliphatic rings. The van der Waals surface area contributed by atoms with Crippen molar-refractivity contribution in [1.29, 1.82) is 0 Å². The number of carbonyl (C=O) groups is 1. The number of urea groups is 1. The SMILES string of the molecule is Cc1ccc(F)c(NC(=O)Nc2ccc(-c3ccnc4n[nH]c(N)c34)cc2)c1.